The van der Waals surface area contributed by atoms with Crippen LogP contribution >= 0.6 is 0 Å². The minimum Gasteiger partial charge on any atom is -0.496 e. The van der Waals surface area contributed by atoms with Crippen LogP contribution < -0.4 is 5.06 Å². The van der Waals surface area contributed by atoms with Crippen molar-refractivity contribution in [2.45, 2.75) is 215 Å². The van der Waals surface area contributed by atoms with E-state index in [1.54, 1.807) is 31.4 Å². The number of nitrogens with zero attached hydrogens (tertiary/aromatic N) is 3. The number of amides is 1. The van der Waals surface area contributed by atoms with Gasteiger partial charge in [0.25, 0.3) is 11.7 Å². The topological polar surface area (TPSA) is 223 Å². The van der Waals surface area contributed by atoms with Crippen LogP contribution in [-0.4, -0.2) is 138 Å². The van der Waals surface area contributed by atoms with E-state index in [9.17, 15) is 34.2 Å². The molecule has 1 saturated carbocycles. The monoisotopic (exact) mass is 1200 g/mol. The number of carbonyl (C=O) groups excluding carboxylic acids is 5. The number of likely N-dealkylation sites (tertiary alicyclic amines) is 1. The zero-order valence-electron chi connectivity index (χ0n) is 55.1. The molecule has 1 aromatic heterocycles. The van der Waals surface area contributed by atoms with E-state index in [0.29, 0.717) is 67.9 Å². The second-order valence-electron chi connectivity index (χ2n) is 24.1. The number of methoxy groups -OCH3 is 1. The summed E-state index contributed by atoms with van der Waals surface area (Å²) in [5.41, 5.74) is 3.92. The number of hydrogen-bond donors (Lipinski definition) is 4. The van der Waals surface area contributed by atoms with E-state index in [4.69, 9.17) is 29.3 Å². The zero-order valence-corrected chi connectivity index (χ0v) is 55.1. The molecular weight excluding hydrogens is 1090 g/mol. The molecule has 16 heteroatoms. The molecule has 7 unspecified atom stereocenters. The van der Waals surface area contributed by atoms with Gasteiger partial charge in [0.15, 0.2) is 0 Å². The number of hydroxylamine groups is 1. The van der Waals surface area contributed by atoms with Gasteiger partial charge in [0.05, 0.1) is 37.2 Å². The van der Waals surface area contributed by atoms with Crippen LogP contribution in [0, 0.1) is 35.5 Å². The molecule has 1 amide bonds. The first-order chi connectivity index (χ1) is 40.9. The fourth-order valence-corrected chi connectivity index (χ4v) is 10.8. The lowest BCUT2D eigenvalue weighted by Crippen LogP contribution is -2.54. The summed E-state index contributed by atoms with van der Waals surface area (Å²) in [6.45, 7) is 24.3. The number of ether oxygens (including phenoxy) is 3. The van der Waals surface area contributed by atoms with Gasteiger partial charge < -0.3 is 39.5 Å². The predicted octanol–water partition coefficient (Wildman–Crippen LogP) is 12.3. The molecule has 4 rings (SSSR count). The van der Waals surface area contributed by atoms with Crippen molar-refractivity contribution in [2.24, 2.45) is 35.5 Å². The summed E-state index contributed by atoms with van der Waals surface area (Å²) < 4.78 is 17.4. The molecule has 86 heavy (non-hydrogen) atoms. The first-order valence-electron chi connectivity index (χ1n) is 31.5. The predicted molar refractivity (Wildman–Crippen MR) is 344 cm³/mol. The molecule has 16 nitrogen and oxygen atoms in total. The Morgan fingerprint density at radius 3 is 2.21 bits per heavy atom. The fraction of sp³-hybridized carbons (Fsp3) is 0.657. The maximum atomic E-state index is 13.2. The summed E-state index contributed by atoms with van der Waals surface area (Å²) in [5.74, 6) is -1.68. The maximum absolute atomic E-state index is 13.2. The van der Waals surface area contributed by atoms with Gasteiger partial charge in [0.1, 0.15) is 29.2 Å². The van der Waals surface area contributed by atoms with Crippen molar-refractivity contribution >= 4 is 34.7 Å². The van der Waals surface area contributed by atoms with Crippen LogP contribution in [0.5, 0.6) is 0 Å². The van der Waals surface area contributed by atoms with Gasteiger partial charge in [-0.2, -0.15) is 0 Å². The quantitative estimate of drug-likeness (QED) is 0.0124. The number of Topliss-reactive ketones (excluding diaryl/α,β-unsaturated/α-hetero) is 4. The number of aliphatic hydroxyl groups excluding tert-OH is 3. The van der Waals surface area contributed by atoms with E-state index in [1.165, 1.54) is 24.3 Å². The Morgan fingerprint density at radius 1 is 0.895 bits per heavy atom. The number of anilines is 1. The fourth-order valence-electron chi connectivity index (χ4n) is 10.8. The van der Waals surface area contributed by atoms with Crippen LogP contribution in [0.2, 0.25) is 0 Å². The van der Waals surface area contributed by atoms with Crippen molar-refractivity contribution in [2.75, 3.05) is 53.2 Å². The molecule has 1 aliphatic carbocycles. The molecule has 10 atom stereocenters. The number of benzene rings is 1. The van der Waals surface area contributed by atoms with Crippen molar-refractivity contribution in [1.29, 1.82) is 0 Å². The first kappa shape index (κ1) is 78.8. The highest BCUT2D eigenvalue weighted by Gasteiger charge is 2.42. The molecule has 1 aromatic carbocycles. The van der Waals surface area contributed by atoms with Gasteiger partial charge >= 0.3 is 0 Å². The van der Waals surface area contributed by atoms with Crippen LogP contribution in [0.25, 0.3) is 0 Å². The highest BCUT2D eigenvalue weighted by atomic mass is 16.7. The molecule has 1 saturated heterocycles. The molecular formula is C70H113N3O13. The smallest absolute Gasteiger partial charge is 0.296 e. The summed E-state index contributed by atoms with van der Waals surface area (Å²) in [5, 5.41) is 36.8. The third-order valence-electron chi connectivity index (χ3n) is 16.0. The minimum atomic E-state index is -2.16. The SMILES string of the molecule is C=C(OCCC[C@@H]1CCC(CC(=O)C(C)Cc2ccccn2)[C@H](OC)C1)C1CCCCN1C(=O)C(=O)C(C)(O)OCCCC(C)C.CCC/C(C)=C/C(/C=C\C[C@@H](C)CC(C)C(=O)CC(O)/C(C)=C/CC(C)=O)ON(C)c1ccccc1.CO.CO. The third kappa shape index (κ3) is 31.1. The average Bonchev–Trinajstić information content (AvgIpc) is 3.71. The Hall–Kier alpha value is -5.20. The average molecular weight is 1200 g/mol. The summed E-state index contributed by atoms with van der Waals surface area (Å²) >= 11 is 0. The Labute approximate surface area is 517 Å². The van der Waals surface area contributed by atoms with Gasteiger partial charge in [0, 0.05) is 77.9 Å². The Bertz CT molecular complexity index is 2340. The van der Waals surface area contributed by atoms with Crippen molar-refractivity contribution in [1.82, 2.24) is 9.88 Å². The highest BCUT2D eigenvalue weighted by Crippen LogP contribution is 2.36. The highest BCUT2D eigenvalue weighted by molar-refractivity contribution is 6.38. The van der Waals surface area contributed by atoms with Gasteiger partial charge in [-0.05, 0) is 171 Å². The second-order valence-corrected chi connectivity index (χ2v) is 24.1. The summed E-state index contributed by atoms with van der Waals surface area (Å²) in [6.07, 6.45) is 23.0. The molecule has 0 bridgehead atoms. The number of allylic oxidation sites excluding steroid dienone is 3. The van der Waals surface area contributed by atoms with Crippen LogP contribution in [0.1, 0.15) is 184 Å². The minimum absolute atomic E-state index is 0.0403. The van der Waals surface area contributed by atoms with Crippen LogP contribution in [-0.2, 0) is 49.4 Å². The standard InChI is InChI=1S/C37H58N2O7.C31H47NO4.2CH4O/c1-26(2)13-11-22-46-37(5,43)35(41)36(42)39-20-10-8-16-32(39)28(4)45-21-12-14-29-17-18-30(34(24-29)44-6)25-33(40)27(3)23-31-15-7-9-19-38-31;1-8-13-23(2)21-29(36-32(7)28-15-10-9-11-16-28)17-12-14-24(3)20-26(5)31(35)22-30(34)25(4)18-19-27(6)33;2*1-2/h7,9,15,19,26-27,29-30,32,34,43H,4,8,10-14,16-18,20-25H2,1-3,5-6H3;9-12,15-18,21,24,26,29-30,34H,8,13-14,19-20,22H2,1-7H3;2*2H,1H3/b;17-12-,23-21+,25-18+;;/t27?,29-,30?,32?,34-,37?;24-,26?,29?,30?;;/m11../s1. The molecule has 0 spiro atoms. The van der Waals surface area contributed by atoms with Crippen molar-refractivity contribution < 1.29 is 63.4 Å². The number of pyridine rings is 1. The largest absolute Gasteiger partial charge is 0.496 e. The maximum Gasteiger partial charge on any atom is 0.296 e. The number of carbonyl (C=O) groups is 5. The second kappa shape index (κ2) is 44.3. The van der Waals surface area contributed by atoms with Crippen molar-refractivity contribution in [3.8, 4) is 0 Å². The summed E-state index contributed by atoms with van der Waals surface area (Å²) in [4.78, 5) is 75.1. The number of rotatable bonds is 36. The summed E-state index contributed by atoms with van der Waals surface area (Å²) in [7, 11) is 5.66. The van der Waals surface area contributed by atoms with Crippen LogP contribution in [0.4, 0.5) is 5.69 Å². The molecule has 4 N–H and O–H groups in total. The number of para-hydroxylation sites is 1. The van der Waals surface area contributed by atoms with E-state index >= 15 is 0 Å². The van der Waals surface area contributed by atoms with E-state index in [-0.39, 0.29) is 66.8 Å². The van der Waals surface area contributed by atoms with Gasteiger partial charge in [-0.1, -0.05) is 109 Å². The van der Waals surface area contributed by atoms with Crippen molar-refractivity contribution in [3.63, 3.8) is 0 Å². The lowest BCUT2D eigenvalue weighted by molar-refractivity contribution is -0.201. The van der Waals surface area contributed by atoms with Crippen molar-refractivity contribution in [3.05, 3.63) is 108 Å². The zero-order chi connectivity index (χ0) is 64.8. The number of ketones is 4. The number of piperidine rings is 1. The van der Waals surface area contributed by atoms with Gasteiger partial charge in [-0.3, -0.25) is 38.9 Å². The molecule has 486 valence electrons. The van der Waals surface area contributed by atoms with Crippen LogP contribution in [0.3, 0.4) is 0 Å². The lowest BCUT2D eigenvalue weighted by atomic mass is 9.75. The molecule has 2 fully saturated rings. The molecule has 2 aliphatic rings. The molecule has 1 aliphatic heterocycles. The van der Waals surface area contributed by atoms with E-state index in [2.05, 4.69) is 64.4 Å². The molecule has 0 radical (unpaired) electrons. The van der Waals surface area contributed by atoms with E-state index in [1.807, 2.05) is 69.4 Å². The number of aliphatic hydroxyl groups is 4. The van der Waals surface area contributed by atoms with E-state index < -0.39 is 29.6 Å². The Morgan fingerprint density at radius 2 is 1.58 bits per heavy atom. The third-order valence-corrected chi connectivity index (χ3v) is 16.0. The van der Waals surface area contributed by atoms with Crippen LogP contribution in [0.15, 0.2) is 103 Å². The lowest BCUT2D eigenvalue weighted by Gasteiger charge is -2.37. The number of aromatic nitrogens is 1. The number of hydrogen-bond acceptors (Lipinski definition) is 15. The Balaban J connectivity index is 0.000000836. The summed E-state index contributed by atoms with van der Waals surface area (Å²) in [6, 6.07) is 15.4. The first-order valence-corrected chi connectivity index (χ1v) is 31.5. The van der Waals surface area contributed by atoms with Gasteiger partial charge in [-0.15, -0.1) is 0 Å². The van der Waals surface area contributed by atoms with E-state index in [0.717, 1.165) is 103 Å². The van der Waals surface area contributed by atoms with Gasteiger partial charge in [0.2, 0.25) is 5.79 Å². The molecule has 2 aromatic rings. The normalized spacial score (nSPS) is 19.6. The van der Waals surface area contributed by atoms with Gasteiger partial charge in [-0.25, -0.2) is 0 Å². The Kier molecular flexibility index (Phi) is 40.6. The molecule has 2 heterocycles.